The van der Waals surface area contributed by atoms with Gasteiger partial charge in [0.15, 0.2) is 0 Å². The van der Waals surface area contributed by atoms with Crippen LogP contribution < -0.4 is 5.73 Å². The Balaban J connectivity index is 2.76. The van der Waals surface area contributed by atoms with E-state index in [-0.39, 0.29) is 11.5 Å². The van der Waals surface area contributed by atoms with E-state index in [4.69, 9.17) is 5.73 Å². The summed E-state index contributed by atoms with van der Waals surface area (Å²) in [5.74, 6) is 6.36. The Morgan fingerprint density at radius 1 is 1.18 bits per heavy atom. The lowest BCUT2D eigenvalue weighted by molar-refractivity contribution is 0.569. The van der Waals surface area contributed by atoms with Crippen LogP contribution in [0.25, 0.3) is 0 Å². The highest BCUT2D eigenvalue weighted by Crippen LogP contribution is 2.24. The van der Waals surface area contributed by atoms with Gasteiger partial charge in [-0.05, 0) is 44.5 Å². The molecule has 1 aromatic carbocycles. The number of hydrogen-bond acceptors (Lipinski definition) is 1. The van der Waals surface area contributed by atoms with Gasteiger partial charge >= 0.3 is 0 Å². The van der Waals surface area contributed by atoms with Gasteiger partial charge in [-0.3, -0.25) is 0 Å². The predicted octanol–water partition coefficient (Wildman–Crippen LogP) is 4.65. The number of nitrogens with two attached hydrogens (primary N) is 1. The lowest BCUT2D eigenvalue weighted by Crippen LogP contribution is -2.09. The first kappa shape index (κ1) is 14.8. The van der Waals surface area contributed by atoms with Crippen molar-refractivity contribution in [2.24, 2.45) is 11.1 Å². The SMILES string of the molecule is CC(C)(C)C#CCC(N)c1cc(Br)cc(Br)c1. The summed E-state index contributed by atoms with van der Waals surface area (Å²) in [4.78, 5) is 0. The van der Waals surface area contributed by atoms with E-state index < -0.39 is 0 Å². The average Bonchev–Trinajstić information content (AvgIpc) is 2.13. The van der Waals surface area contributed by atoms with E-state index in [1.54, 1.807) is 0 Å². The molecule has 2 N–H and O–H groups in total. The highest BCUT2D eigenvalue weighted by atomic mass is 79.9. The molecule has 0 saturated heterocycles. The molecule has 0 fully saturated rings. The van der Waals surface area contributed by atoms with E-state index >= 15 is 0 Å². The minimum absolute atomic E-state index is 0.0393. The molecule has 1 nitrogen and oxygen atoms in total. The standard InChI is InChI=1S/C14H17Br2N/c1-14(2,3)6-4-5-13(17)10-7-11(15)9-12(16)8-10/h7-9,13H,5,17H2,1-3H3. The smallest absolute Gasteiger partial charge is 0.0406 e. The van der Waals surface area contributed by atoms with Gasteiger partial charge in [0.05, 0.1) is 0 Å². The molecule has 1 rings (SSSR count). The van der Waals surface area contributed by atoms with Crippen molar-refractivity contribution in [2.75, 3.05) is 0 Å². The van der Waals surface area contributed by atoms with Crippen LogP contribution in [0.2, 0.25) is 0 Å². The van der Waals surface area contributed by atoms with Crippen molar-refractivity contribution in [3.05, 3.63) is 32.7 Å². The minimum atomic E-state index is -0.0429. The van der Waals surface area contributed by atoms with Crippen LogP contribution >= 0.6 is 31.9 Å². The summed E-state index contributed by atoms with van der Waals surface area (Å²) in [6.07, 6.45) is 0.681. The average molecular weight is 359 g/mol. The maximum absolute atomic E-state index is 6.12. The first-order valence-electron chi connectivity index (χ1n) is 5.49. The van der Waals surface area contributed by atoms with Gasteiger partial charge in [0.2, 0.25) is 0 Å². The van der Waals surface area contributed by atoms with Crippen LogP contribution in [0.15, 0.2) is 27.1 Å². The van der Waals surface area contributed by atoms with Crippen LogP contribution in [0.3, 0.4) is 0 Å². The highest BCUT2D eigenvalue weighted by molar-refractivity contribution is 9.11. The van der Waals surface area contributed by atoms with E-state index in [2.05, 4.69) is 64.5 Å². The highest BCUT2D eigenvalue weighted by Gasteiger charge is 2.07. The third-order valence-electron chi connectivity index (χ3n) is 2.10. The molecule has 17 heavy (non-hydrogen) atoms. The zero-order valence-electron chi connectivity index (χ0n) is 10.3. The lowest BCUT2D eigenvalue weighted by Gasteiger charge is -2.11. The van der Waals surface area contributed by atoms with Gasteiger partial charge in [0.1, 0.15) is 0 Å². The topological polar surface area (TPSA) is 26.0 Å². The second kappa shape index (κ2) is 6.04. The Labute approximate surface area is 120 Å². The summed E-state index contributed by atoms with van der Waals surface area (Å²) in [5, 5.41) is 0. The number of rotatable bonds is 2. The van der Waals surface area contributed by atoms with Gasteiger partial charge in [-0.2, -0.15) is 0 Å². The Bertz CT molecular complexity index is 429. The summed E-state index contributed by atoms with van der Waals surface area (Å²) in [6, 6.07) is 6.03. The number of benzene rings is 1. The van der Waals surface area contributed by atoms with Crippen molar-refractivity contribution in [3.63, 3.8) is 0 Å². The monoisotopic (exact) mass is 357 g/mol. The van der Waals surface area contributed by atoms with Crippen molar-refractivity contribution in [1.29, 1.82) is 0 Å². The fraction of sp³-hybridized carbons (Fsp3) is 0.429. The molecule has 0 bridgehead atoms. The molecule has 0 saturated carbocycles. The van der Waals surface area contributed by atoms with Crippen LogP contribution in [0.5, 0.6) is 0 Å². The Morgan fingerprint density at radius 3 is 2.18 bits per heavy atom. The summed E-state index contributed by atoms with van der Waals surface area (Å²) in [7, 11) is 0. The second-order valence-corrected chi connectivity index (χ2v) is 6.90. The third-order valence-corrected chi connectivity index (χ3v) is 3.01. The summed E-state index contributed by atoms with van der Waals surface area (Å²) in [5.41, 5.74) is 7.25. The van der Waals surface area contributed by atoms with Gasteiger partial charge in [-0.25, -0.2) is 0 Å². The lowest BCUT2D eigenvalue weighted by atomic mass is 9.97. The van der Waals surface area contributed by atoms with Gasteiger partial charge in [-0.15, -0.1) is 5.92 Å². The zero-order valence-corrected chi connectivity index (χ0v) is 13.5. The molecule has 3 heteroatoms. The van der Waals surface area contributed by atoms with Crippen LogP contribution in [0.1, 0.15) is 38.8 Å². The van der Waals surface area contributed by atoms with E-state index in [1.165, 1.54) is 0 Å². The Kier molecular flexibility index (Phi) is 5.24. The van der Waals surface area contributed by atoms with E-state index in [1.807, 2.05) is 18.2 Å². The van der Waals surface area contributed by atoms with Gasteiger partial charge in [0, 0.05) is 26.8 Å². The fourth-order valence-electron chi connectivity index (χ4n) is 1.33. The molecule has 92 valence electrons. The molecular formula is C14H17Br2N. The molecule has 0 heterocycles. The molecular weight excluding hydrogens is 342 g/mol. The Morgan fingerprint density at radius 2 is 1.71 bits per heavy atom. The fourth-order valence-corrected chi connectivity index (χ4v) is 2.66. The molecule has 0 aliphatic carbocycles. The van der Waals surface area contributed by atoms with Crippen molar-refractivity contribution >= 4 is 31.9 Å². The number of hydrogen-bond donors (Lipinski definition) is 1. The van der Waals surface area contributed by atoms with Crippen LogP contribution in [-0.2, 0) is 0 Å². The van der Waals surface area contributed by atoms with Gasteiger partial charge in [0.25, 0.3) is 0 Å². The number of halogens is 2. The summed E-state index contributed by atoms with van der Waals surface area (Å²) < 4.78 is 2.06. The van der Waals surface area contributed by atoms with Crippen molar-refractivity contribution in [1.82, 2.24) is 0 Å². The molecule has 0 aliphatic heterocycles. The van der Waals surface area contributed by atoms with Crippen molar-refractivity contribution in [2.45, 2.75) is 33.2 Å². The quantitative estimate of drug-likeness (QED) is 0.765. The third kappa shape index (κ3) is 5.72. The molecule has 0 amide bonds. The Hall–Kier alpha value is -0.300. The molecule has 0 radical (unpaired) electrons. The van der Waals surface area contributed by atoms with Crippen molar-refractivity contribution in [3.8, 4) is 11.8 Å². The maximum atomic E-state index is 6.12. The van der Waals surface area contributed by atoms with Crippen LogP contribution in [0, 0.1) is 17.3 Å². The summed E-state index contributed by atoms with van der Waals surface area (Å²) >= 11 is 6.92. The minimum Gasteiger partial charge on any atom is -0.323 e. The first-order valence-corrected chi connectivity index (χ1v) is 7.08. The maximum Gasteiger partial charge on any atom is 0.0406 e. The zero-order chi connectivity index (χ0) is 13.1. The van der Waals surface area contributed by atoms with Crippen LogP contribution in [-0.4, -0.2) is 0 Å². The predicted molar refractivity (Wildman–Crippen MR) is 80.6 cm³/mol. The normalized spacial score (nSPS) is 12.8. The molecule has 0 aromatic heterocycles. The van der Waals surface area contributed by atoms with E-state index in [0.29, 0.717) is 6.42 Å². The summed E-state index contributed by atoms with van der Waals surface area (Å²) in [6.45, 7) is 6.30. The largest absolute Gasteiger partial charge is 0.323 e. The second-order valence-electron chi connectivity index (χ2n) is 5.07. The molecule has 1 atom stereocenters. The van der Waals surface area contributed by atoms with Crippen molar-refractivity contribution < 1.29 is 0 Å². The van der Waals surface area contributed by atoms with E-state index in [9.17, 15) is 0 Å². The van der Waals surface area contributed by atoms with Gasteiger partial charge in [-0.1, -0.05) is 37.8 Å². The first-order chi connectivity index (χ1) is 7.78. The van der Waals surface area contributed by atoms with E-state index in [0.717, 1.165) is 14.5 Å². The van der Waals surface area contributed by atoms with Gasteiger partial charge < -0.3 is 5.73 Å². The molecule has 1 unspecified atom stereocenters. The van der Waals surface area contributed by atoms with Crippen LogP contribution in [0.4, 0.5) is 0 Å². The molecule has 0 spiro atoms. The molecule has 0 aliphatic rings. The molecule has 1 aromatic rings.